The van der Waals surface area contributed by atoms with Gasteiger partial charge in [-0.1, -0.05) is 65.8 Å². The standard InChI is InChI=1S/C30H31N3O3/c1-20-8-4-7-11-26(20)23-12-13-27(21(2)16-23)29(34)33-19-25(31-36-3)17-28(33)30(35)32-15-14-22-9-5-6-10-24(22)18-32/h4-13,16,28H,14-15,17-19H2,1-3H3/t28-/m0/s1. The third kappa shape index (κ3) is 4.51. The zero-order valence-corrected chi connectivity index (χ0v) is 21.0. The normalized spacial score (nSPS) is 18.3. The fourth-order valence-electron chi connectivity index (χ4n) is 5.35. The molecule has 0 aliphatic carbocycles. The van der Waals surface area contributed by atoms with Crippen molar-refractivity contribution in [3.8, 4) is 11.1 Å². The van der Waals surface area contributed by atoms with Crippen LogP contribution in [0, 0.1) is 13.8 Å². The number of carbonyl (C=O) groups is 2. The number of aryl methyl sites for hydroxylation is 2. The molecule has 3 aromatic rings. The Morgan fingerprint density at radius 1 is 0.917 bits per heavy atom. The van der Waals surface area contributed by atoms with E-state index in [0.717, 1.165) is 23.1 Å². The van der Waals surface area contributed by atoms with Crippen molar-refractivity contribution in [3.63, 3.8) is 0 Å². The van der Waals surface area contributed by atoms with Crippen LogP contribution in [0.25, 0.3) is 11.1 Å². The van der Waals surface area contributed by atoms with Gasteiger partial charge in [0.1, 0.15) is 13.2 Å². The predicted molar refractivity (Wildman–Crippen MR) is 141 cm³/mol. The van der Waals surface area contributed by atoms with Gasteiger partial charge in [0.25, 0.3) is 5.91 Å². The second-order valence-corrected chi connectivity index (χ2v) is 9.62. The highest BCUT2D eigenvalue weighted by atomic mass is 16.6. The molecule has 6 nitrogen and oxygen atoms in total. The first-order chi connectivity index (χ1) is 17.5. The lowest BCUT2D eigenvalue weighted by atomic mass is 9.96. The van der Waals surface area contributed by atoms with Gasteiger partial charge in [-0.3, -0.25) is 9.59 Å². The van der Waals surface area contributed by atoms with Crippen LogP contribution < -0.4 is 0 Å². The number of carbonyl (C=O) groups excluding carboxylic acids is 2. The molecule has 0 radical (unpaired) electrons. The first kappa shape index (κ1) is 23.8. The maximum atomic E-state index is 13.8. The molecule has 0 spiro atoms. The van der Waals surface area contributed by atoms with Gasteiger partial charge >= 0.3 is 0 Å². The van der Waals surface area contributed by atoms with Gasteiger partial charge in [0.05, 0.1) is 12.3 Å². The number of hydrogen-bond donors (Lipinski definition) is 0. The van der Waals surface area contributed by atoms with Crippen LogP contribution in [0.3, 0.4) is 0 Å². The number of rotatable bonds is 4. The van der Waals surface area contributed by atoms with E-state index in [1.165, 1.54) is 23.8 Å². The average Bonchev–Trinajstić information content (AvgIpc) is 3.32. The van der Waals surface area contributed by atoms with Crippen LogP contribution in [0.5, 0.6) is 0 Å². The lowest BCUT2D eigenvalue weighted by molar-refractivity contribution is -0.136. The van der Waals surface area contributed by atoms with E-state index in [1.54, 1.807) is 4.90 Å². The van der Waals surface area contributed by atoms with Crippen molar-refractivity contribution >= 4 is 17.5 Å². The van der Waals surface area contributed by atoms with Gasteiger partial charge in [0, 0.05) is 25.1 Å². The zero-order chi connectivity index (χ0) is 25.2. The Balaban J connectivity index is 1.41. The second-order valence-electron chi connectivity index (χ2n) is 9.62. The molecule has 1 saturated heterocycles. The monoisotopic (exact) mass is 481 g/mol. The molecule has 2 amide bonds. The van der Waals surface area contributed by atoms with Gasteiger partial charge in [-0.15, -0.1) is 0 Å². The van der Waals surface area contributed by atoms with Crippen LogP contribution in [-0.2, 0) is 22.6 Å². The van der Waals surface area contributed by atoms with Crippen LogP contribution >= 0.6 is 0 Å². The Labute approximate surface area is 212 Å². The van der Waals surface area contributed by atoms with Crippen molar-refractivity contribution in [2.75, 3.05) is 20.2 Å². The Hall–Kier alpha value is -3.93. The fourth-order valence-corrected chi connectivity index (χ4v) is 5.35. The Morgan fingerprint density at radius 3 is 2.42 bits per heavy atom. The van der Waals surface area contributed by atoms with Gasteiger partial charge in [-0.2, -0.15) is 0 Å². The molecule has 0 unspecified atom stereocenters. The molecular weight excluding hydrogens is 450 g/mol. The number of fused-ring (bicyclic) bond motifs is 1. The average molecular weight is 482 g/mol. The van der Waals surface area contributed by atoms with E-state index >= 15 is 0 Å². The maximum absolute atomic E-state index is 13.8. The van der Waals surface area contributed by atoms with Gasteiger partial charge in [0.15, 0.2) is 0 Å². The third-order valence-corrected chi connectivity index (χ3v) is 7.28. The minimum atomic E-state index is -0.591. The van der Waals surface area contributed by atoms with Gasteiger partial charge in [0.2, 0.25) is 5.91 Å². The van der Waals surface area contributed by atoms with Gasteiger partial charge in [-0.25, -0.2) is 0 Å². The summed E-state index contributed by atoms with van der Waals surface area (Å²) < 4.78 is 0. The molecule has 2 aliphatic heterocycles. The first-order valence-electron chi connectivity index (χ1n) is 12.4. The zero-order valence-electron chi connectivity index (χ0n) is 21.0. The number of hydrogen-bond acceptors (Lipinski definition) is 4. The van der Waals surface area contributed by atoms with Crippen LogP contribution in [-0.4, -0.2) is 53.6 Å². The van der Waals surface area contributed by atoms with Gasteiger partial charge in [-0.05, 0) is 59.7 Å². The van der Waals surface area contributed by atoms with Crippen LogP contribution in [0.4, 0.5) is 0 Å². The van der Waals surface area contributed by atoms with Crippen molar-refractivity contribution in [3.05, 3.63) is 94.5 Å². The predicted octanol–water partition coefficient (Wildman–Crippen LogP) is 4.77. The summed E-state index contributed by atoms with van der Waals surface area (Å²) in [5, 5.41) is 4.10. The number of nitrogens with zero attached hydrogens (tertiary/aromatic N) is 3. The molecule has 0 bridgehead atoms. The molecule has 0 N–H and O–H groups in total. The molecule has 1 fully saturated rings. The van der Waals surface area contributed by atoms with E-state index in [-0.39, 0.29) is 18.4 Å². The number of likely N-dealkylation sites (tertiary alicyclic amines) is 1. The van der Waals surface area contributed by atoms with Crippen molar-refractivity contribution in [1.82, 2.24) is 9.80 Å². The van der Waals surface area contributed by atoms with Crippen molar-refractivity contribution in [2.45, 2.75) is 39.3 Å². The van der Waals surface area contributed by atoms with Crippen molar-refractivity contribution in [2.24, 2.45) is 5.16 Å². The first-order valence-corrected chi connectivity index (χ1v) is 12.4. The second kappa shape index (κ2) is 9.97. The molecule has 0 aromatic heterocycles. The van der Waals surface area contributed by atoms with E-state index < -0.39 is 6.04 Å². The largest absolute Gasteiger partial charge is 0.399 e. The summed E-state index contributed by atoms with van der Waals surface area (Å²) in [5.74, 6) is -0.186. The summed E-state index contributed by atoms with van der Waals surface area (Å²) in [5.41, 5.74) is 8.05. The minimum absolute atomic E-state index is 0.0339. The fraction of sp³-hybridized carbons (Fsp3) is 0.300. The highest BCUT2D eigenvalue weighted by Gasteiger charge is 2.41. The van der Waals surface area contributed by atoms with Gasteiger partial charge < -0.3 is 14.6 Å². The topological polar surface area (TPSA) is 62.2 Å². The molecular formula is C30H31N3O3. The molecule has 2 aliphatic rings. The number of oxime groups is 1. The van der Waals surface area contributed by atoms with Crippen molar-refractivity contribution < 1.29 is 14.4 Å². The number of benzene rings is 3. The highest BCUT2D eigenvalue weighted by molar-refractivity contribution is 6.06. The summed E-state index contributed by atoms with van der Waals surface area (Å²) in [6.45, 7) is 5.53. The molecule has 1 atom stereocenters. The third-order valence-electron chi connectivity index (χ3n) is 7.28. The van der Waals surface area contributed by atoms with E-state index in [1.807, 2.05) is 54.3 Å². The quantitative estimate of drug-likeness (QED) is 0.504. The maximum Gasteiger partial charge on any atom is 0.255 e. The minimum Gasteiger partial charge on any atom is -0.399 e. The molecule has 36 heavy (non-hydrogen) atoms. The van der Waals surface area contributed by atoms with E-state index in [0.29, 0.717) is 30.8 Å². The molecule has 3 aromatic carbocycles. The van der Waals surface area contributed by atoms with Crippen LogP contribution in [0.15, 0.2) is 71.9 Å². The lowest BCUT2D eigenvalue weighted by Gasteiger charge is -2.33. The molecule has 184 valence electrons. The van der Waals surface area contributed by atoms with Crippen molar-refractivity contribution in [1.29, 1.82) is 0 Å². The summed E-state index contributed by atoms with van der Waals surface area (Å²) in [6, 6.07) is 21.8. The van der Waals surface area contributed by atoms with E-state index in [4.69, 9.17) is 4.84 Å². The van der Waals surface area contributed by atoms with E-state index in [2.05, 4.69) is 36.3 Å². The molecule has 6 heteroatoms. The van der Waals surface area contributed by atoms with E-state index in [9.17, 15) is 9.59 Å². The lowest BCUT2D eigenvalue weighted by Crippen LogP contribution is -2.49. The highest BCUT2D eigenvalue weighted by Crippen LogP contribution is 2.29. The summed E-state index contributed by atoms with van der Waals surface area (Å²) in [6.07, 6.45) is 1.21. The summed E-state index contributed by atoms with van der Waals surface area (Å²) in [4.78, 5) is 36.0. The van der Waals surface area contributed by atoms with Crippen LogP contribution in [0.1, 0.15) is 39.0 Å². The summed E-state index contributed by atoms with van der Waals surface area (Å²) in [7, 11) is 1.49. The Kier molecular flexibility index (Phi) is 6.59. The molecule has 0 saturated carbocycles. The van der Waals surface area contributed by atoms with Crippen LogP contribution in [0.2, 0.25) is 0 Å². The smallest absolute Gasteiger partial charge is 0.255 e. The summed E-state index contributed by atoms with van der Waals surface area (Å²) >= 11 is 0. The SMILES string of the molecule is CON=C1C[C@@H](C(=O)N2CCc3ccccc3C2)N(C(=O)c2ccc(-c3ccccc3C)cc2C)C1. The Morgan fingerprint density at radius 2 is 1.67 bits per heavy atom. The number of amides is 2. The molecule has 5 rings (SSSR count). The molecule has 2 heterocycles. The Bertz CT molecular complexity index is 1350.